The molecule has 0 aliphatic heterocycles. The van der Waals surface area contributed by atoms with Crippen molar-refractivity contribution in [3.63, 3.8) is 0 Å². The van der Waals surface area contributed by atoms with Crippen molar-refractivity contribution in [2.75, 3.05) is 11.9 Å². The van der Waals surface area contributed by atoms with Gasteiger partial charge >= 0.3 is 6.01 Å². The minimum absolute atomic E-state index is 0.171. The number of nitrogens with one attached hydrogen (secondary N) is 1. The third kappa shape index (κ3) is 4.47. The first-order valence-corrected chi connectivity index (χ1v) is 7.68. The first-order valence-electron chi connectivity index (χ1n) is 7.30. The second kappa shape index (κ2) is 6.57. The predicted molar refractivity (Wildman–Crippen MR) is 80.3 cm³/mol. The molecule has 1 aromatic heterocycles. The lowest BCUT2D eigenvalue weighted by Crippen LogP contribution is -2.29. The zero-order valence-electron chi connectivity index (χ0n) is 12.4. The van der Waals surface area contributed by atoms with E-state index in [0.29, 0.717) is 17.4 Å². The third-order valence-corrected chi connectivity index (χ3v) is 3.85. The Morgan fingerprint density at radius 3 is 2.60 bits per heavy atom. The smallest absolute Gasteiger partial charge is 0.322 e. The summed E-state index contributed by atoms with van der Waals surface area (Å²) in [6.45, 7) is 7.49. The summed E-state index contributed by atoms with van der Waals surface area (Å²) in [6.07, 6.45) is 5.58. The van der Waals surface area contributed by atoms with E-state index in [4.69, 9.17) is 16.3 Å². The molecule has 0 aromatic carbocycles. The Kier molecular flexibility index (Phi) is 5.02. The molecule has 0 atom stereocenters. The zero-order chi connectivity index (χ0) is 14.6. The summed E-state index contributed by atoms with van der Waals surface area (Å²) in [5.41, 5.74) is 0.421. The van der Waals surface area contributed by atoms with Gasteiger partial charge in [0.1, 0.15) is 6.10 Å². The molecule has 5 nitrogen and oxygen atoms in total. The van der Waals surface area contributed by atoms with Crippen molar-refractivity contribution in [3.05, 3.63) is 5.28 Å². The second-order valence-corrected chi connectivity index (χ2v) is 6.46. The molecule has 112 valence electrons. The number of hydrogen-bond donors (Lipinski definition) is 1. The fourth-order valence-corrected chi connectivity index (χ4v) is 2.49. The summed E-state index contributed by atoms with van der Waals surface area (Å²) in [6, 6.07) is 0.327. The average molecular weight is 299 g/mol. The molecule has 1 aromatic rings. The molecule has 6 heteroatoms. The minimum atomic E-state index is 0.171. The molecule has 20 heavy (non-hydrogen) atoms. The standard InChI is InChI=1S/C14H23ClN4O/c1-4-9-16-12-17-11(15)18-13(19-12)20-10-5-7-14(2,3)8-6-10/h10H,4-9H2,1-3H3,(H,16,17,18,19). The van der Waals surface area contributed by atoms with E-state index in [2.05, 4.69) is 41.0 Å². The van der Waals surface area contributed by atoms with E-state index < -0.39 is 0 Å². The summed E-state index contributed by atoms with van der Waals surface area (Å²) < 4.78 is 5.86. The van der Waals surface area contributed by atoms with Crippen LogP contribution in [0.3, 0.4) is 0 Å². The van der Waals surface area contributed by atoms with E-state index in [-0.39, 0.29) is 11.4 Å². The van der Waals surface area contributed by atoms with Gasteiger partial charge in [-0.3, -0.25) is 0 Å². The Morgan fingerprint density at radius 2 is 1.95 bits per heavy atom. The summed E-state index contributed by atoms with van der Waals surface area (Å²) in [4.78, 5) is 12.4. The molecule has 0 saturated heterocycles. The minimum Gasteiger partial charge on any atom is -0.460 e. The van der Waals surface area contributed by atoms with E-state index in [1.807, 2.05) is 0 Å². The van der Waals surface area contributed by atoms with Gasteiger partial charge in [-0.1, -0.05) is 20.8 Å². The Balaban J connectivity index is 1.97. The van der Waals surface area contributed by atoms with Crippen LogP contribution in [0.5, 0.6) is 6.01 Å². The van der Waals surface area contributed by atoms with E-state index >= 15 is 0 Å². The van der Waals surface area contributed by atoms with Crippen LogP contribution in [0.1, 0.15) is 52.9 Å². The molecule has 2 rings (SSSR count). The van der Waals surface area contributed by atoms with Gasteiger partial charge in [0, 0.05) is 6.54 Å². The van der Waals surface area contributed by atoms with Gasteiger partial charge in [0.05, 0.1) is 0 Å². The highest BCUT2D eigenvalue weighted by atomic mass is 35.5. The van der Waals surface area contributed by atoms with Crippen LogP contribution in [-0.4, -0.2) is 27.6 Å². The zero-order valence-corrected chi connectivity index (χ0v) is 13.2. The number of ether oxygens (including phenoxy) is 1. The highest BCUT2D eigenvalue weighted by Gasteiger charge is 2.28. The molecule has 0 radical (unpaired) electrons. The molecule has 1 N–H and O–H groups in total. The topological polar surface area (TPSA) is 59.9 Å². The Bertz CT molecular complexity index is 443. The van der Waals surface area contributed by atoms with Crippen molar-refractivity contribution in [2.45, 2.75) is 59.0 Å². The summed E-state index contributed by atoms with van der Waals surface area (Å²) >= 11 is 5.91. The van der Waals surface area contributed by atoms with Gasteiger partial charge in [0.15, 0.2) is 0 Å². The number of aromatic nitrogens is 3. The molecule has 0 bridgehead atoms. The van der Waals surface area contributed by atoms with Crippen LogP contribution in [-0.2, 0) is 0 Å². The molecule has 0 spiro atoms. The number of anilines is 1. The maximum atomic E-state index is 5.91. The summed E-state index contributed by atoms with van der Waals surface area (Å²) in [7, 11) is 0. The van der Waals surface area contributed by atoms with Crippen LogP contribution in [0.15, 0.2) is 0 Å². The van der Waals surface area contributed by atoms with E-state index in [9.17, 15) is 0 Å². The molecule has 1 aliphatic carbocycles. The third-order valence-electron chi connectivity index (χ3n) is 3.68. The molecular formula is C14H23ClN4O. The van der Waals surface area contributed by atoms with Gasteiger partial charge < -0.3 is 10.1 Å². The Labute approximate surface area is 125 Å². The maximum absolute atomic E-state index is 5.91. The van der Waals surface area contributed by atoms with Gasteiger partial charge in [-0.2, -0.15) is 15.0 Å². The van der Waals surface area contributed by atoms with Gasteiger partial charge in [-0.25, -0.2) is 0 Å². The van der Waals surface area contributed by atoms with Crippen LogP contribution in [0.4, 0.5) is 5.95 Å². The molecule has 1 saturated carbocycles. The van der Waals surface area contributed by atoms with E-state index in [1.54, 1.807) is 0 Å². The summed E-state index contributed by atoms with van der Waals surface area (Å²) in [5.74, 6) is 0.484. The van der Waals surface area contributed by atoms with Crippen molar-refractivity contribution < 1.29 is 4.74 Å². The number of hydrogen-bond acceptors (Lipinski definition) is 5. The van der Waals surface area contributed by atoms with Crippen LogP contribution in [0.2, 0.25) is 5.28 Å². The van der Waals surface area contributed by atoms with Crippen molar-refractivity contribution in [1.82, 2.24) is 15.0 Å². The number of halogens is 1. The number of rotatable bonds is 5. The number of nitrogens with zero attached hydrogens (tertiary/aromatic N) is 3. The second-order valence-electron chi connectivity index (χ2n) is 6.12. The van der Waals surface area contributed by atoms with Crippen LogP contribution in [0, 0.1) is 5.41 Å². The summed E-state index contributed by atoms with van der Waals surface area (Å²) in [5, 5.41) is 3.27. The van der Waals surface area contributed by atoms with E-state index in [1.165, 1.54) is 0 Å². The average Bonchev–Trinajstić information content (AvgIpc) is 2.38. The Hall–Kier alpha value is -1.10. The monoisotopic (exact) mass is 298 g/mol. The van der Waals surface area contributed by atoms with Gasteiger partial charge in [0.2, 0.25) is 11.2 Å². The fourth-order valence-electron chi connectivity index (χ4n) is 2.34. The normalized spacial score (nSPS) is 18.8. The molecule has 0 unspecified atom stereocenters. The van der Waals surface area contributed by atoms with Crippen molar-refractivity contribution in [3.8, 4) is 6.01 Å². The molecule has 1 aliphatic rings. The molecule has 1 fully saturated rings. The van der Waals surface area contributed by atoms with Crippen LogP contribution < -0.4 is 10.1 Å². The Morgan fingerprint density at radius 1 is 1.25 bits per heavy atom. The first kappa shape index (κ1) is 15.3. The molecule has 1 heterocycles. The van der Waals surface area contributed by atoms with Gasteiger partial charge in [-0.05, 0) is 49.1 Å². The van der Waals surface area contributed by atoms with Gasteiger partial charge in [0.25, 0.3) is 0 Å². The lowest BCUT2D eigenvalue weighted by molar-refractivity contribution is 0.0906. The highest BCUT2D eigenvalue weighted by Crippen LogP contribution is 2.36. The highest BCUT2D eigenvalue weighted by molar-refractivity contribution is 6.28. The molecule has 0 amide bonds. The fraction of sp³-hybridized carbons (Fsp3) is 0.786. The first-order chi connectivity index (χ1) is 9.48. The SMILES string of the molecule is CCCNc1nc(Cl)nc(OC2CCC(C)(C)CC2)n1. The lowest BCUT2D eigenvalue weighted by atomic mass is 9.76. The van der Waals surface area contributed by atoms with Crippen molar-refractivity contribution >= 4 is 17.5 Å². The molecular weight excluding hydrogens is 276 g/mol. The van der Waals surface area contributed by atoms with Crippen molar-refractivity contribution in [2.24, 2.45) is 5.41 Å². The van der Waals surface area contributed by atoms with Crippen LogP contribution in [0.25, 0.3) is 0 Å². The largest absolute Gasteiger partial charge is 0.460 e. The lowest BCUT2D eigenvalue weighted by Gasteiger charge is -2.33. The maximum Gasteiger partial charge on any atom is 0.322 e. The van der Waals surface area contributed by atoms with Crippen molar-refractivity contribution in [1.29, 1.82) is 0 Å². The van der Waals surface area contributed by atoms with Crippen LogP contribution >= 0.6 is 11.6 Å². The van der Waals surface area contributed by atoms with E-state index in [0.717, 1.165) is 38.6 Å². The quantitative estimate of drug-likeness (QED) is 0.898. The van der Waals surface area contributed by atoms with Gasteiger partial charge in [-0.15, -0.1) is 0 Å². The predicted octanol–water partition coefficient (Wildman–Crippen LogP) is 3.69.